The van der Waals surface area contributed by atoms with Crippen LogP contribution in [0.3, 0.4) is 0 Å². The highest BCUT2D eigenvalue weighted by molar-refractivity contribution is 7.17. The van der Waals surface area contributed by atoms with E-state index in [1.54, 1.807) is 19.3 Å². The van der Waals surface area contributed by atoms with Gasteiger partial charge in [-0.15, -0.1) is 11.3 Å². The van der Waals surface area contributed by atoms with Crippen LogP contribution in [0.4, 0.5) is 5.69 Å². The fraction of sp³-hybridized carbons (Fsp3) is 0.429. The average Bonchev–Trinajstić information content (AvgIpc) is 3.36. The number of aromatic amines is 1. The lowest BCUT2D eigenvalue weighted by Crippen LogP contribution is -2.48. The van der Waals surface area contributed by atoms with Crippen molar-refractivity contribution in [3.8, 4) is 10.6 Å². The molecule has 1 fully saturated rings. The van der Waals surface area contributed by atoms with Gasteiger partial charge in [-0.2, -0.15) is 0 Å². The predicted octanol–water partition coefficient (Wildman–Crippen LogP) is 3.95. The summed E-state index contributed by atoms with van der Waals surface area (Å²) < 4.78 is 0. The van der Waals surface area contributed by atoms with E-state index < -0.39 is 0 Å². The second-order valence-corrected chi connectivity index (χ2v) is 8.74. The van der Waals surface area contributed by atoms with Crippen LogP contribution in [-0.2, 0) is 4.79 Å². The van der Waals surface area contributed by atoms with Crippen molar-refractivity contribution in [2.45, 2.75) is 39.7 Å². The number of rotatable bonds is 5. The van der Waals surface area contributed by atoms with Crippen molar-refractivity contribution in [1.29, 1.82) is 0 Å². The van der Waals surface area contributed by atoms with Gasteiger partial charge in [-0.3, -0.25) is 9.59 Å². The van der Waals surface area contributed by atoms with Crippen LogP contribution in [0.2, 0.25) is 0 Å². The van der Waals surface area contributed by atoms with Crippen molar-refractivity contribution >= 4 is 39.7 Å². The van der Waals surface area contributed by atoms with Crippen molar-refractivity contribution in [2.75, 3.05) is 18.4 Å². The molecule has 1 aliphatic rings. The molecule has 29 heavy (non-hydrogen) atoms. The summed E-state index contributed by atoms with van der Waals surface area (Å²) in [5, 5.41) is 5.43. The van der Waals surface area contributed by atoms with Gasteiger partial charge in [0.05, 0.1) is 16.1 Å². The molecule has 4 heterocycles. The number of pyridine rings is 1. The van der Waals surface area contributed by atoms with Gasteiger partial charge in [0.15, 0.2) is 5.78 Å². The number of nitrogens with zero attached hydrogens (tertiary/aromatic N) is 3. The number of fused-ring (bicyclic) bond motifs is 1. The monoisotopic (exact) mass is 411 g/mol. The van der Waals surface area contributed by atoms with Crippen molar-refractivity contribution in [3.63, 3.8) is 0 Å². The topological polar surface area (TPSA) is 91.0 Å². The SMILES string of the molecule is CCC(=O)N1C[C@@H](C)C[C@@H](Nc2c(-c3ncc(C(C)=O)s3)cnc3[nH]ccc23)C1. The molecule has 0 bridgehead atoms. The number of carbonyl (C=O) groups excluding carboxylic acids is 2. The Hall–Kier alpha value is -2.74. The molecule has 0 spiro atoms. The molecule has 0 unspecified atom stereocenters. The second-order valence-electron chi connectivity index (χ2n) is 7.71. The van der Waals surface area contributed by atoms with Crippen LogP contribution in [0.15, 0.2) is 24.7 Å². The highest BCUT2D eigenvalue weighted by Gasteiger charge is 2.28. The number of H-pyrrole nitrogens is 1. The lowest BCUT2D eigenvalue weighted by molar-refractivity contribution is -0.132. The first-order chi connectivity index (χ1) is 14.0. The van der Waals surface area contributed by atoms with Gasteiger partial charge in [0.2, 0.25) is 5.91 Å². The van der Waals surface area contributed by atoms with Gasteiger partial charge in [0.1, 0.15) is 10.7 Å². The molecular formula is C21H25N5O2S. The van der Waals surface area contributed by atoms with E-state index in [1.807, 2.05) is 24.1 Å². The maximum atomic E-state index is 12.3. The van der Waals surface area contributed by atoms with Crippen molar-refractivity contribution in [1.82, 2.24) is 19.9 Å². The largest absolute Gasteiger partial charge is 0.379 e. The summed E-state index contributed by atoms with van der Waals surface area (Å²) in [5.74, 6) is 0.623. The molecule has 0 aromatic carbocycles. The second kappa shape index (κ2) is 7.94. The van der Waals surface area contributed by atoms with E-state index in [0.29, 0.717) is 23.8 Å². The van der Waals surface area contributed by atoms with Crippen molar-refractivity contribution < 1.29 is 9.59 Å². The van der Waals surface area contributed by atoms with Crippen LogP contribution in [-0.4, -0.2) is 50.7 Å². The average molecular weight is 412 g/mol. The Morgan fingerprint density at radius 3 is 2.86 bits per heavy atom. The van der Waals surface area contributed by atoms with Crippen LogP contribution in [0.1, 0.15) is 43.3 Å². The Bertz CT molecular complexity index is 1060. The van der Waals surface area contributed by atoms with Crippen LogP contribution < -0.4 is 5.32 Å². The van der Waals surface area contributed by atoms with Gasteiger partial charge in [-0.1, -0.05) is 13.8 Å². The first-order valence-electron chi connectivity index (χ1n) is 9.93. The summed E-state index contributed by atoms with van der Waals surface area (Å²) in [6, 6.07) is 2.13. The Kier molecular flexibility index (Phi) is 5.36. The molecule has 1 amide bonds. The molecule has 0 radical (unpaired) electrons. The molecule has 2 N–H and O–H groups in total. The Balaban J connectivity index is 1.71. The minimum Gasteiger partial charge on any atom is -0.379 e. The lowest BCUT2D eigenvalue weighted by Gasteiger charge is -2.37. The van der Waals surface area contributed by atoms with Crippen LogP contribution >= 0.6 is 11.3 Å². The van der Waals surface area contributed by atoms with E-state index in [1.165, 1.54) is 11.3 Å². The quantitative estimate of drug-likeness (QED) is 0.621. The van der Waals surface area contributed by atoms with Crippen LogP contribution in [0.5, 0.6) is 0 Å². The van der Waals surface area contributed by atoms with Gasteiger partial charge in [0, 0.05) is 56.5 Å². The smallest absolute Gasteiger partial charge is 0.222 e. The molecule has 7 nitrogen and oxygen atoms in total. The zero-order valence-electron chi connectivity index (χ0n) is 16.9. The molecule has 0 saturated carbocycles. The number of hydrogen-bond donors (Lipinski definition) is 2. The number of carbonyl (C=O) groups is 2. The molecule has 3 aromatic rings. The molecule has 0 aliphatic carbocycles. The Morgan fingerprint density at radius 2 is 2.14 bits per heavy atom. The first kappa shape index (κ1) is 19.6. The third-order valence-corrected chi connectivity index (χ3v) is 6.46. The summed E-state index contributed by atoms with van der Waals surface area (Å²) in [7, 11) is 0. The number of likely N-dealkylation sites (tertiary alicyclic amines) is 1. The van der Waals surface area contributed by atoms with Crippen LogP contribution in [0, 0.1) is 5.92 Å². The third kappa shape index (κ3) is 3.89. The van der Waals surface area contributed by atoms with E-state index in [0.717, 1.165) is 40.3 Å². The fourth-order valence-corrected chi connectivity index (χ4v) is 4.80. The molecule has 4 rings (SSSR count). The number of aromatic nitrogens is 3. The summed E-state index contributed by atoms with van der Waals surface area (Å²) in [5.41, 5.74) is 2.62. The van der Waals surface area contributed by atoms with Crippen LogP contribution in [0.25, 0.3) is 21.6 Å². The summed E-state index contributed by atoms with van der Waals surface area (Å²) in [6.45, 7) is 7.13. The number of piperidine rings is 1. The fourth-order valence-electron chi connectivity index (χ4n) is 3.97. The van der Waals surface area contributed by atoms with Gasteiger partial charge in [-0.25, -0.2) is 9.97 Å². The van der Waals surface area contributed by atoms with E-state index >= 15 is 0 Å². The number of hydrogen-bond acceptors (Lipinski definition) is 6. The highest BCUT2D eigenvalue weighted by atomic mass is 32.1. The van der Waals surface area contributed by atoms with Gasteiger partial charge in [0.25, 0.3) is 0 Å². The Morgan fingerprint density at radius 1 is 1.31 bits per heavy atom. The summed E-state index contributed by atoms with van der Waals surface area (Å²) in [4.78, 5) is 38.7. The zero-order chi connectivity index (χ0) is 20.5. The van der Waals surface area contributed by atoms with Gasteiger partial charge < -0.3 is 15.2 Å². The molecular weight excluding hydrogens is 386 g/mol. The molecule has 1 aliphatic heterocycles. The van der Waals surface area contributed by atoms with E-state index in [9.17, 15) is 9.59 Å². The third-order valence-electron chi connectivity index (χ3n) is 5.33. The molecule has 1 saturated heterocycles. The lowest BCUT2D eigenvalue weighted by atomic mass is 9.95. The predicted molar refractivity (Wildman–Crippen MR) is 115 cm³/mol. The highest BCUT2D eigenvalue weighted by Crippen LogP contribution is 2.37. The standard InChI is InChI=1S/C21H25N5O2S/c1-4-18(28)26-10-12(2)7-14(11-26)25-19-15-5-6-22-20(15)23-8-16(19)21-24-9-17(29-21)13(3)27/h5-6,8-9,12,14H,4,7,10-11H2,1-3H3,(H2,22,23,25)/t12-,14+/m0/s1. The molecule has 2 atom stereocenters. The maximum absolute atomic E-state index is 12.3. The number of anilines is 1. The number of Topliss-reactive ketones (excluding diaryl/α,β-unsaturated/α-hetero) is 1. The number of thiazole rings is 1. The number of amides is 1. The van der Waals surface area contributed by atoms with E-state index in [-0.39, 0.29) is 17.7 Å². The van der Waals surface area contributed by atoms with Gasteiger partial charge in [-0.05, 0) is 18.4 Å². The minimum absolute atomic E-state index is 0.00812. The number of nitrogens with one attached hydrogen (secondary N) is 2. The van der Waals surface area contributed by atoms with E-state index in [4.69, 9.17) is 0 Å². The molecule has 8 heteroatoms. The van der Waals surface area contributed by atoms with Gasteiger partial charge >= 0.3 is 0 Å². The Labute approximate surface area is 173 Å². The maximum Gasteiger partial charge on any atom is 0.222 e. The molecule has 3 aromatic heterocycles. The van der Waals surface area contributed by atoms with Crippen molar-refractivity contribution in [3.05, 3.63) is 29.5 Å². The molecule has 152 valence electrons. The zero-order valence-corrected chi connectivity index (χ0v) is 17.7. The van der Waals surface area contributed by atoms with Crippen molar-refractivity contribution in [2.24, 2.45) is 5.92 Å². The summed E-state index contributed by atoms with van der Waals surface area (Å²) in [6.07, 6.45) is 6.79. The minimum atomic E-state index is 0.00812. The van der Waals surface area contributed by atoms with E-state index in [2.05, 4.69) is 27.2 Å². The first-order valence-corrected chi connectivity index (χ1v) is 10.8. The number of ketones is 1. The summed E-state index contributed by atoms with van der Waals surface area (Å²) >= 11 is 1.38. The normalized spacial score (nSPS) is 19.5.